The second kappa shape index (κ2) is 12.5. The summed E-state index contributed by atoms with van der Waals surface area (Å²) in [6, 6.07) is 16.8. The lowest BCUT2D eigenvalue weighted by Gasteiger charge is -2.10. The number of esters is 4. The fourth-order valence-electron chi connectivity index (χ4n) is 4.30. The van der Waals surface area contributed by atoms with Crippen LogP contribution >= 0.6 is 0 Å². The van der Waals surface area contributed by atoms with Gasteiger partial charge in [-0.2, -0.15) is 0 Å². The summed E-state index contributed by atoms with van der Waals surface area (Å²) >= 11 is 0. The molecule has 1 aliphatic carbocycles. The summed E-state index contributed by atoms with van der Waals surface area (Å²) in [5, 5.41) is 0. The fraction of sp³-hybridized carbons (Fsp3) is 0.212. The second-order valence-electron chi connectivity index (χ2n) is 9.69. The van der Waals surface area contributed by atoms with Crippen LogP contribution in [0, 0.1) is 0 Å². The monoisotopic (exact) mass is 554 g/mol. The van der Waals surface area contributed by atoms with E-state index in [4.69, 9.17) is 18.9 Å². The number of rotatable bonds is 10. The SMILES string of the molecule is C=C(C)C(=O)Oc1ccc2c(c1)C(C)c1cc(C(=O)Oc3ccc(OC(=O)C(=C)CC(=O)OCCC)cc3)ccc1-2. The molecule has 0 aromatic heterocycles. The molecule has 8 nitrogen and oxygen atoms in total. The molecule has 0 fully saturated rings. The molecular weight excluding hydrogens is 524 g/mol. The molecule has 0 spiro atoms. The number of hydrogen-bond donors (Lipinski definition) is 0. The molecule has 0 N–H and O–H groups in total. The van der Waals surface area contributed by atoms with Crippen molar-refractivity contribution in [1.29, 1.82) is 0 Å². The van der Waals surface area contributed by atoms with Crippen LogP contribution in [0.25, 0.3) is 11.1 Å². The zero-order valence-electron chi connectivity index (χ0n) is 23.2. The number of hydrogen-bond acceptors (Lipinski definition) is 8. The van der Waals surface area contributed by atoms with E-state index in [-0.39, 0.29) is 36.0 Å². The molecule has 0 heterocycles. The molecule has 3 aromatic carbocycles. The van der Waals surface area contributed by atoms with Crippen molar-refractivity contribution < 1.29 is 38.1 Å². The molecule has 210 valence electrons. The minimum atomic E-state index is -0.752. The Labute approximate surface area is 238 Å². The van der Waals surface area contributed by atoms with E-state index in [2.05, 4.69) is 13.2 Å². The van der Waals surface area contributed by atoms with E-state index in [9.17, 15) is 19.2 Å². The zero-order chi connectivity index (χ0) is 29.7. The van der Waals surface area contributed by atoms with Gasteiger partial charge in [0.2, 0.25) is 0 Å². The maximum Gasteiger partial charge on any atom is 0.343 e. The summed E-state index contributed by atoms with van der Waals surface area (Å²) in [7, 11) is 0. The first kappa shape index (κ1) is 29.0. The van der Waals surface area contributed by atoms with Gasteiger partial charge in [0.05, 0.1) is 18.6 Å². The second-order valence-corrected chi connectivity index (χ2v) is 9.69. The Kier molecular flexibility index (Phi) is 8.82. The number of benzene rings is 3. The third kappa shape index (κ3) is 6.78. The molecule has 0 saturated heterocycles. The van der Waals surface area contributed by atoms with Crippen molar-refractivity contribution in [2.45, 2.75) is 39.5 Å². The normalized spacial score (nSPS) is 12.9. The van der Waals surface area contributed by atoms with Crippen molar-refractivity contribution in [2.75, 3.05) is 6.61 Å². The van der Waals surface area contributed by atoms with Gasteiger partial charge in [0, 0.05) is 17.1 Å². The van der Waals surface area contributed by atoms with Crippen molar-refractivity contribution >= 4 is 23.9 Å². The zero-order valence-corrected chi connectivity index (χ0v) is 23.2. The van der Waals surface area contributed by atoms with Crippen LogP contribution in [-0.2, 0) is 19.1 Å². The quantitative estimate of drug-likeness (QED) is 0.163. The van der Waals surface area contributed by atoms with Gasteiger partial charge in [0.25, 0.3) is 0 Å². The average Bonchev–Trinajstić information content (AvgIpc) is 3.23. The molecule has 8 heteroatoms. The van der Waals surface area contributed by atoms with E-state index in [1.807, 2.05) is 32.0 Å². The predicted octanol–water partition coefficient (Wildman–Crippen LogP) is 6.32. The van der Waals surface area contributed by atoms with Crippen LogP contribution in [0.1, 0.15) is 61.0 Å². The van der Waals surface area contributed by atoms with Crippen LogP contribution in [0.2, 0.25) is 0 Å². The van der Waals surface area contributed by atoms with Crippen molar-refractivity contribution in [1.82, 2.24) is 0 Å². The molecule has 1 unspecified atom stereocenters. The Morgan fingerprint density at radius 1 is 0.756 bits per heavy atom. The van der Waals surface area contributed by atoms with Crippen molar-refractivity contribution in [3.63, 3.8) is 0 Å². The van der Waals surface area contributed by atoms with Gasteiger partial charge in [-0.3, -0.25) is 4.79 Å². The van der Waals surface area contributed by atoms with Crippen molar-refractivity contribution in [3.05, 3.63) is 102 Å². The third-order valence-corrected chi connectivity index (χ3v) is 6.45. The standard InChI is InChI=1S/C33H30O8/c1-6-15-38-30(34)16-20(4)32(36)39-23-8-10-24(11-9-23)40-33(37)22-7-13-26-27-14-12-25(41-31(35)19(2)3)18-29(27)21(5)28(26)17-22/h7-14,17-18,21H,2,4,6,15-16H2,1,3,5H3. The highest BCUT2D eigenvalue weighted by Crippen LogP contribution is 2.46. The van der Waals surface area contributed by atoms with Crippen molar-refractivity contribution in [2.24, 2.45) is 0 Å². The van der Waals surface area contributed by atoms with E-state index in [0.29, 0.717) is 23.3 Å². The van der Waals surface area contributed by atoms with E-state index >= 15 is 0 Å². The minimum absolute atomic E-state index is 0.0290. The Morgan fingerprint density at radius 2 is 1.32 bits per heavy atom. The summed E-state index contributed by atoms with van der Waals surface area (Å²) in [6.45, 7) is 12.9. The molecule has 1 atom stereocenters. The number of ether oxygens (including phenoxy) is 4. The lowest BCUT2D eigenvalue weighted by molar-refractivity contribution is -0.144. The maximum atomic E-state index is 12.9. The van der Waals surface area contributed by atoms with Crippen LogP contribution < -0.4 is 14.2 Å². The van der Waals surface area contributed by atoms with Crippen LogP contribution in [0.5, 0.6) is 17.2 Å². The molecule has 0 aliphatic heterocycles. The molecule has 4 rings (SSSR count). The van der Waals surface area contributed by atoms with Gasteiger partial charge in [0.1, 0.15) is 17.2 Å². The first-order valence-corrected chi connectivity index (χ1v) is 13.1. The molecule has 0 saturated carbocycles. The highest BCUT2D eigenvalue weighted by atomic mass is 16.5. The van der Waals surface area contributed by atoms with Crippen LogP contribution in [0.4, 0.5) is 0 Å². The van der Waals surface area contributed by atoms with Gasteiger partial charge in [0.15, 0.2) is 0 Å². The predicted molar refractivity (Wildman–Crippen MR) is 152 cm³/mol. The number of carbonyl (C=O) groups is 4. The maximum absolute atomic E-state index is 12.9. The summed E-state index contributed by atoms with van der Waals surface area (Å²) in [6.07, 6.45) is 0.416. The Morgan fingerprint density at radius 3 is 1.95 bits per heavy atom. The van der Waals surface area contributed by atoms with E-state index in [1.165, 1.54) is 24.3 Å². The van der Waals surface area contributed by atoms with E-state index in [0.717, 1.165) is 22.3 Å². The van der Waals surface area contributed by atoms with Crippen LogP contribution in [0.3, 0.4) is 0 Å². The Bertz CT molecular complexity index is 1550. The molecule has 0 amide bonds. The number of fused-ring (bicyclic) bond motifs is 3. The first-order valence-electron chi connectivity index (χ1n) is 13.1. The summed E-state index contributed by atoms with van der Waals surface area (Å²) in [5.41, 5.74) is 4.61. The van der Waals surface area contributed by atoms with Gasteiger partial charge in [-0.1, -0.05) is 39.1 Å². The highest BCUT2D eigenvalue weighted by molar-refractivity contribution is 5.95. The molecule has 3 aromatic rings. The first-order chi connectivity index (χ1) is 19.6. The topological polar surface area (TPSA) is 105 Å². The molecule has 0 radical (unpaired) electrons. The average molecular weight is 555 g/mol. The largest absolute Gasteiger partial charge is 0.465 e. The summed E-state index contributed by atoms with van der Waals surface area (Å²) in [4.78, 5) is 48.8. The van der Waals surface area contributed by atoms with Gasteiger partial charge < -0.3 is 18.9 Å². The highest BCUT2D eigenvalue weighted by Gasteiger charge is 2.27. The van der Waals surface area contributed by atoms with E-state index in [1.54, 1.807) is 25.1 Å². The van der Waals surface area contributed by atoms with Gasteiger partial charge in [-0.25, -0.2) is 14.4 Å². The van der Waals surface area contributed by atoms with Crippen LogP contribution in [0.15, 0.2) is 85.0 Å². The number of carbonyl (C=O) groups excluding carboxylic acids is 4. The molecule has 41 heavy (non-hydrogen) atoms. The van der Waals surface area contributed by atoms with E-state index < -0.39 is 23.9 Å². The third-order valence-electron chi connectivity index (χ3n) is 6.45. The molecular formula is C33H30O8. The Hall–Kier alpha value is -4.98. The summed E-state index contributed by atoms with van der Waals surface area (Å²) in [5.74, 6) is -1.47. The van der Waals surface area contributed by atoms with Crippen molar-refractivity contribution in [3.8, 4) is 28.4 Å². The smallest absolute Gasteiger partial charge is 0.343 e. The van der Waals surface area contributed by atoms with Gasteiger partial charge >= 0.3 is 23.9 Å². The van der Waals surface area contributed by atoms with Gasteiger partial charge in [-0.05, 0) is 84.1 Å². The minimum Gasteiger partial charge on any atom is -0.465 e. The van der Waals surface area contributed by atoms with Gasteiger partial charge in [-0.15, -0.1) is 0 Å². The summed E-state index contributed by atoms with van der Waals surface area (Å²) < 4.78 is 21.1. The van der Waals surface area contributed by atoms with Crippen LogP contribution in [-0.4, -0.2) is 30.5 Å². The molecule has 0 bridgehead atoms. The Balaban J connectivity index is 1.39. The lowest BCUT2D eigenvalue weighted by Crippen LogP contribution is -2.15. The fourth-order valence-corrected chi connectivity index (χ4v) is 4.30. The molecule has 1 aliphatic rings. The lowest BCUT2D eigenvalue weighted by atomic mass is 9.98.